The summed E-state index contributed by atoms with van der Waals surface area (Å²) < 4.78 is 28.4. The van der Waals surface area contributed by atoms with Gasteiger partial charge in [-0.05, 0) is 13.3 Å². The van der Waals surface area contributed by atoms with E-state index in [0.717, 1.165) is 5.82 Å². The maximum absolute atomic E-state index is 13.3. The molecule has 2 saturated heterocycles. The second-order valence-electron chi connectivity index (χ2n) is 6.80. The first-order chi connectivity index (χ1) is 11.9. The quantitative estimate of drug-likeness (QED) is 0.822. The maximum atomic E-state index is 13.3. The SMILES string of the molecule is Cc1nnc2c(N3CCC(C(=O)N4CCC(F)(F)CC4)C3)nccn12. The van der Waals surface area contributed by atoms with Gasteiger partial charge in [-0.1, -0.05) is 0 Å². The van der Waals surface area contributed by atoms with E-state index in [4.69, 9.17) is 0 Å². The van der Waals surface area contributed by atoms with Gasteiger partial charge < -0.3 is 9.80 Å². The van der Waals surface area contributed by atoms with Crippen molar-refractivity contribution in [3.63, 3.8) is 0 Å². The molecule has 4 rings (SSSR count). The molecule has 2 fully saturated rings. The zero-order chi connectivity index (χ0) is 17.6. The second kappa shape index (κ2) is 5.89. The Bertz CT molecular complexity index is 797. The molecule has 0 N–H and O–H groups in total. The number of carbonyl (C=O) groups is 1. The van der Waals surface area contributed by atoms with Gasteiger partial charge in [-0.25, -0.2) is 13.8 Å². The molecule has 0 saturated carbocycles. The molecule has 0 aliphatic carbocycles. The Morgan fingerprint density at radius 2 is 2.00 bits per heavy atom. The summed E-state index contributed by atoms with van der Waals surface area (Å²) in [5.74, 6) is -1.35. The third kappa shape index (κ3) is 2.91. The van der Waals surface area contributed by atoms with Crippen LogP contribution in [-0.4, -0.2) is 62.5 Å². The number of aromatic nitrogens is 4. The van der Waals surface area contributed by atoms with Gasteiger partial charge in [-0.3, -0.25) is 9.20 Å². The van der Waals surface area contributed by atoms with Gasteiger partial charge in [0.05, 0.1) is 5.92 Å². The molecule has 1 unspecified atom stereocenters. The molecule has 25 heavy (non-hydrogen) atoms. The fourth-order valence-electron chi connectivity index (χ4n) is 3.62. The first kappa shape index (κ1) is 16.2. The van der Waals surface area contributed by atoms with Crippen molar-refractivity contribution >= 4 is 17.4 Å². The van der Waals surface area contributed by atoms with Gasteiger partial charge in [0.2, 0.25) is 11.6 Å². The summed E-state index contributed by atoms with van der Waals surface area (Å²) in [5.41, 5.74) is 0.672. The molecule has 0 spiro atoms. The lowest BCUT2D eigenvalue weighted by Gasteiger charge is -2.33. The summed E-state index contributed by atoms with van der Waals surface area (Å²) in [6.07, 6.45) is 3.72. The molecule has 9 heteroatoms. The van der Waals surface area contributed by atoms with Crippen molar-refractivity contribution in [1.82, 2.24) is 24.5 Å². The standard InChI is InChI=1S/C16H20F2N6O/c1-11-20-21-14-13(19-5-9-24(11)14)23-6-2-12(10-23)15(25)22-7-3-16(17,18)4-8-22/h5,9,12H,2-4,6-8,10H2,1H3. The van der Waals surface area contributed by atoms with Gasteiger partial charge in [0.1, 0.15) is 5.82 Å². The molecule has 2 aliphatic heterocycles. The molecule has 1 amide bonds. The number of alkyl halides is 2. The lowest BCUT2D eigenvalue weighted by molar-refractivity contribution is -0.140. The molecule has 0 bridgehead atoms. The molecule has 134 valence electrons. The minimum Gasteiger partial charge on any atom is -0.353 e. The summed E-state index contributed by atoms with van der Waals surface area (Å²) in [6, 6.07) is 0. The van der Waals surface area contributed by atoms with Crippen LogP contribution in [0.15, 0.2) is 12.4 Å². The van der Waals surface area contributed by atoms with E-state index in [-0.39, 0.29) is 37.8 Å². The van der Waals surface area contributed by atoms with E-state index in [1.807, 2.05) is 16.2 Å². The molecule has 7 nitrogen and oxygen atoms in total. The number of carbonyl (C=O) groups excluding carboxylic acids is 1. The van der Waals surface area contributed by atoms with Crippen molar-refractivity contribution in [3.05, 3.63) is 18.2 Å². The summed E-state index contributed by atoms with van der Waals surface area (Å²) in [6.45, 7) is 3.37. The molecular formula is C16H20F2N6O. The number of aryl methyl sites for hydroxylation is 1. The van der Waals surface area contributed by atoms with E-state index in [1.54, 1.807) is 17.3 Å². The van der Waals surface area contributed by atoms with Crippen molar-refractivity contribution in [2.24, 2.45) is 5.92 Å². The van der Waals surface area contributed by atoms with Crippen LogP contribution in [0, 0.1) is 12.8 Å². The number of halogens is 2. The smallest absolute Gasteiger partial charge is 0.251 e. The van der Waals surface area contributed by atoms with Crippen molar-refractivity contribution < 1.29 is 13.6 Å². The fourth-order valence-corrected chi connectivity index (χ4v) is 3.62. The number of anilines is 1. The molecule has 2 aromatic heterocycles. The summed E-state index contributed by atoms with van der Waals surface area (Å²) >= 11 is 0. The van der Waals surface area contributed by atoms with Crippen molar-refractivity contribution in [3.8, 4) is 0 Å². The third-order valence-corrected chi connectivity index (χ3v) is 5.12. The molecule has 2 aliphatic rings. The summed E-state index contributed by atoms with van der Waals surface area (Å²) in [5, 5.41) is 8.24. The molecule has 4 heterocycles. The van der Waals surface area contributed by atoms with E-state index < -0.39 is 5.92 Å². The average molecular weight is 350 g/mol. The Labute approximate surface area is 143 Å². The van der Waals surface area contributed by atoms with Gasteiger partial charge >= 0.3 is 0 Å². The zero-order valence-electron chi connectivity index (χ0n) is 14.0. The van der Waals surface area contributed by atoms with Crippen LogP contribution in [0.1, 0.15) is 25.1 Å². The lowest BCUT2D eigenvalue weighted by atomic mass is 10.0. The number of likely N-dealkylation sites (tertiary alicyclic amines) is 1. The summed E-state index contributed by atoms with van der Waals surface area (Å²) in [7, 11) is 0. The topological polar surface area (TPSA) is 66.6 Å². The van der Waals surface area contributed by atoms with E-state index in [9.17, 15) is 13.6 Å². The van der Waals surface area contributed by atoms with Gasteiger partial charge in [0.15, 0.2) is 5.82 Å². The van der Waals surface area contributed by atoms with Crippen molar-refractivity contribution in [1.29, 1.82) is 0 Å². The van der Waals surface area contributed by atoms with Gasteiger partial charge in [0.25, 0.3) is 5.92 Å². The van der Waals surface area contributed by atoms with E-state index in [0.29, 0.717) is 31.0 Å². The lowest BCUT2D eigenvalue weighted by Crippen LogP contribution is -2.45. The highest BCUT2D eigenvalue weighted by Gasteiger charge is 2.39. The maximum Gasteiger partial charge on any atom is 0.251 e. The minimum atomic E-state index is -2.64. The highest BCUT2D eigenvalue weighted by molar-refractivity contribution is 5.81. The largest absolute Gasteiger partial charge is 0.353 e. The highest BCUT2D eigenvalue weighted by atomic mass is 19.3. The van der Waals surface area contributed by atoms with Crippen LogP contribution in [-0.2, 0) is 4.79 Å². The summed E-state index contributed by atoms with van der Waals surface area (Å²) in [4.78, 5) is 20.7. The molecular weight excluding hydrogens is 330 g/mol. The number of piperidine rings is 1. The Hall–Kier alpha value is -2.32. The zero-order valence-corrected chi connectivity index (χ0v) is 14.0. The number of rotatable bonds is 2. The second-order valence-corrected chi connectivity index (χ2v) is 6.80. The highest BCUT2D eigenvalue weighted by Crippen LogP contribution is 2.31. The first-order valence-corrected chi connectivity index (χ1v) is 8.52. The molecule has 2 aromatic rings. The third-order valence-electron chi connectivity index (χ3n) is 5.12. The van der Waals surface area contributed by atoms with Gasteiger partial charge in [-0.2, -0.15) is 0 Å². The number of fused-ring (bicyclic) bond motifs is 1. The average Bonchev–Trinajstić information content (AvgIpc) is 3.22. The monoisotopic (exact) mass is 350 g/mol. The number of amides is 1. The fraction of sp³-hybridized carbons (Fsp3) is 0.625. The molecule has 0 aromatic carbocycles. The van der Waals surface area contributed by atoms with Crippen LogP contribution in [0.25, 0.3) is 5.65 Å². The normalized spacial score (nSPS) is 23.4. The first-order valence-electron chi connectivity index (χ1n) is 8.52. The van der Waals surface area contributed by atoms with Crippen molar-refractivity contribution in [2.75, 3.05) is 31.1 Å². The van der Waals surface area contributed by atoms with E-state index in [2.05, 4.69) is 15.2 Å². The Morgan fingerprint density at radius 1 is 1.24 bits per heavy atom. The van der Waals surface area contributed by atoms with Crippen LogP contribution in [0.3, 0.4) is 0 Å². The molecule has 1 atom stereocenters. The van der Waals surface area contributed by atoms with Gasteiger partial charge in [-0.15, -0.1) is 10.2 Å². The van der Waals surface area contributed by atoms with Crippen molar-refractivity contribution in [2.45, 2.75) is 32.1 Å². The minimum absolute atomic E-state index is 0.0254. The van der Waals surface area contributed by atoms with Crippen LogP contribution in [0.4, 0.5) is 14.6 Å². The van der Waals surface area contributed by atoms with Crippen LogP contribution < -0.4 is 4.90 Å². The van der Waals surface area contributed by atoms with E-state index in [1.165, 1.54) is 0 Å². The van der Waals surface area contributed by atoms with E-state index >= 15 is 0 Å². The predicted octanol–water partition coefficient (Wildman–Crippen LogP) is 1.52. The number of nitrogens with zero attached hydrogens (tertiary/aromatic N) is 6. The van der Waals surface area contributed by atoms with Crippen LogP contribution >= 0.6 is 0 Å². The Morgan fingerprint density at radius 3 is 2.76 bits per heavy atom. The van der Waals surface area contributed by atoms with Crippen LogP contribution in [0.2, 0.25) is 0 Å². The van der Waals surface area contributed by atoms with Crippen LogP contribution in [0.5, 0.6) is 0 Å². The Balaban J connectivity index is 1.47. The number of hydrogen-bond donors (Lipinski definition) is 0. The number of hydrogen-bond acceptors (Lipinski definition) is 5. The Kier molecular flexibility index (Phi) is 3.81. The van der Waals surface area contributed by atoms with Gasteiger partial charge in [0, 0.05) is 51.4 Å². The molecule has 0 radical (unpaired) electrons. The predicted molar refractivity (Wildman–Crippen MR) is 86.6 cm³/mol.